The number of aromatic nitrogens is 1. The molecule has 1 aliphatic heterocycles. The summed E-state index contributed by atoms with van der Waals surface area (Å²) in [7, 11) is 4.41. The van der Waals surface area contributed by atoms with Gasteiger partial charge in [-0.3, -0.25) is 4.90 Å². The van der Waals surface area contributed by atoms with E-state index >= 15 is 0 Å². The second-order valence-corrected chi connectivity index (χ2v) is 9.09. The van der Waals surface area contributed by atoms with Gasteiger partial charge >= 0.3 is 0 Å². The van der Waals surface area contributed by atoms with Crippen LogP contribution in [0.4, 0.5) is 0 Å². The monoisotopic (exact) mass is 389 g/mol. The van der Waals surface area contributed by atoms with Crippen LogP contribution in [-0.4, -0.2) is 47.1 Å². The number of aromatic amines is 1. The Morgan fingerprint density at radius 1 is 1.07 bits per heavy atom. The van der Waals surface area contributed by atoms with Crippen molar-refractivity contribution in [1.29, 1.82) is 0 Å². The van der Waals surface area contributed by atoms with E-state index in [4.69, 9.17) is 4.74 Å². The first-order valence-electron chi connectivity index (χ1n) is 10.8. The van der Waals surface area contributed by atoms with Gasteiger partial charge in [0.15, 0.2) is 0 Å². The number of fused-ring (bicyclic) bond motifs is 2. The van der Waals surface area contributed by atoms with E-state index in [0.717, 1.165) is 38.2 Å². The van der Waals surface area contributed by atoms with E-state index in [-0.39, 0.29) is 5.60 Å². The Kier molecular flexibility index (Phi) is 4.84. The maximum atomic E-state index is 6.78. The minimum Gasteiger partial charge on any atom is -0.486 e. The van der Waals surface area contributed by atoms with Crippen molar-refractivity contribution in [3.63, 3.8) is 0 Å². The molecule has 2 heterocycles. The van der Waals surface area contributed by atoms with Gasteiger partial charge in [0.05, 0.1) is 0 Å². The quantitative estimate of drug-likeness (QED) is 0.698. The molecule has 1 fully saturated rings. The van der Waals surface area contributed by atoms with Crippen molar-refractivity contribution < 1.29 is 4.74 Å². The Hall–Kier alpha value is -2.30. The smallest absolute Gasteiger partial charge is 0.124 e. The molecule has 5 rings (SSSR count). The minimum absolute atomic E-state index is 0.0782. The molecule has 1 aliphatic carbocycles. The van der Waals surface area contributed by atoms with Crippen LogP contribution in [0.1, 0.15) is 36.8 Å². The van der Waals surface area contributed by atoms with Crippen LogP contribution in [0, 0.1) is 0 Å². The van der Waals surface area contributed by atoms with E-state index in [2.05, 4.69) is 83.6 Å². The average Bonchev–Trinajstić information content (AvgIpc) is 3.05. The molecule has 4 nitrogen and oxygen atoms in total. The largest absolute Gasteiger partial charge is 0.486 e. The molecule has 152 valence electrons. The van der Waals surface area contributed by atoms with Crippen LogP contribution in [0.2, 0.25) is 0 Å². The summed E-state index contributed by atoms with van der Waals surface area (Å²) in [4.78, 5) is 8.41. The van der Waals surface area contributed by atoms with Gasteiger partial charge in [-0.25, -0.2) is 0 Å². The number of nitrogens with zero attached hydrogens (tertiary/aromatic N) is 2. The van der Waals surface area contributed by atoms with E-state index < -0.39 is 0 Å². The highest BCUT2D eigenvalue weighted by Crippen LogP contribution is 2.39. The van der Waals surface area contributed by atoms with Gasteiger partial charge in [-0.1, -0.05) is 36.4 Å². The van der Waals surface area contributed by atoms with E-state index in [1.54, 1.807) is 0 Å². The maximum absolute atomic E-state index is 6.78. The lowest BCUT2D eigenvalue weighted by Gasteiger charge is -2.43. The number of ether oxygens (including phenoxy) is 1. The molecular formula is C25H31N3O. The van der Waals surface area contributed by atoms with E-state index in [9.17, 15) is 0 Å². The fourth-order valence-electron chi connectivity index (χ4n) is 5.22. The Morgan fingerprint density at radius 3 is 2.66 bits per heavy atom. The van der Waals surface area contributed by atoms with Crippen molar-refractivity contribution in [2.24, 2.45) is 0 Å². The Morgan fingerprint density at radius 2 is 1.83 bits per heavy atom. The topological polar surface area (TPSA) is 31.5 Å². The van der Waals surface area contributed by atoms with Gasteiger partial charge in [-0.2, -0.15) is 0 Å². The molecule has 0 radical (unpaired) electrons. The molecular weight excluding hydrogens is 358 g/mol. The highest BCUT2D eigenvalue weighted by molar-refractivity contribution is 5.82. The zero-order chi connectivity index (χ0) is 19.8. The number of hydrogen-bond donors (Lipinski definition) is 1. The molecule has 2 aromatic carbocycles. The first-order valence-corrected chi connectivity index (χ1v) is 10.8. The average molecular weight is 390 g/mol. The molecule has 1 saturated carbocycles. The van der Waals surface area contributed by atoms with Crippen LogP contribution in [0.15, 0.2) is 54.7 Å². The van der Waals surface area contributed by atoms with Crippen molar-refractivity contribution >= 4 is 10.9 Å². The molecule has 1 spiro atoms. The van der Waals surface area contributed by atoms with E-state index in [1.807, 2.05) is 0 Å². The van der Waals surface area contributed by atoms with Crippen LogP contribution < -0.4 is 4.74 Å². The second-order valence-electron chi connectivity index (χ2n) is 9.09. The molecule has 4 heteroatoms. The SMILES string of the molecule is CN(C)C1CCC2(CC1)CN(Cc1c[nH]c3ccccc13)Cc1ccccc1O2. The lowest BCUT2D eigenvalue weighted by Crippen LogP contribution is -2.50. The van der Waals surface area contributed by atoms with Gasteiger partial charge < -0.3 is 14.6 Å². The molecule has 0 saturated heterocycles. The lowest BCUT2D eigenvalue weighted by molar-refractivity contribution is -0.0134. The Labute approximate surface area is 173 Å². The number of rotatable bonds is 3. The summed E-state index contributed by atoms with van der Waals surface area (Å²) in [6, 6.07) is 17.9. The van der Waals surface area contributed by atoms with Crippen LogP contribution in [0.25, 0.3) is 10.9 Å². The second kappa shape index (κ2) is 7.51. The first kappa shape index (κ1) is 18.7. The molecule has 29 heavy (non-hydrogen) atoms. The highest BCUT2D eigenvalue weighted by Gasteiger charge is 2.41. The predicted octanol–water partition coefficient (Wildman–Crippen LogP) is 4.81. The zero-order valence-corrected chi connectivity index (χ0v) is 17.5. The first-order chi connectivity index (χ1) is 14.1. The lowest BCUT2D eigenvalue weighted by atomic mass is 9.81. The van der Waals surface area contributed by atoms with Gasteiger partial charge in [-0.05, 0) is 57.5 Å². The number of nitrogens with one attached hydrogen (secondary N) is 1. The Balaban J connectivity index is 1.44. The van der Waals surface area contributed by atoms with Crippen molar-refractivity contribution in [2.45, 2.75) is 50.4 Å². The van der Waals surface area contributed by atoms with Crippen molar-refractivity contribution in [3.8, 4) is 5.75 Å². The van der Waals surface area contributed by atoms with Gasteiger partial charge in [0.2, 0.25) is 0 Å². The molecule has 1 aromatic heterocycles. The third-order valence-electron chi connectivity index (χ3n) is 6.87. The third kappa shape index (κ3) is 3.67. The predicted molar refractivity (Wildman–Crippen MR) is 118 cm³/mol. The summed E-state index contributed by atoms with van der Waals surface area (Å²) in [5.41, 5.74) is 3.82. The summed E-state index contributed by atoms with van der Waals surface area (Å²) in [6.45, 7) is 2.87. The molecule has 3 aromatic rings. The van der Waals surface area contributed by atoms with Crippen LogP contribution in [-0.2, 0) is 13.1 Å². The number of para-hydroxylation sites is 2. The van der Waals surface area contributed by atoms with Crippen LogP contribution in [0.3, 0.4) is 0 Å². The Bertz CT molecular complexity index is 984. The van der Waals surface area contributed by atoms with Gasteiger partial charge in [0, 0.05) is 48.3 Å². The van der Waals surface area contributed by atoms with Crippen molar-refractivity contribution in [1.82, 2.24) is 14.8 Å². The van der Waals surface area contributed by atoms with Crippen LogP contribution >= 0.6 is 0 Å². The molecule has 1 N–H and O–H groups in total. The molecule has 2 aliphatic rings. The normalized spacial score (nSPS) is 25.1. The zero-order valence-electron chi connectivity index (χ0n) is 17.5. The van der Waals surface area contributed by atoms with Gasteiger partial charge in [0.25, 0.3) is 0 Å². The summed E-state index contributed by atoms with van der Waals surface area (Å²) in [5.74, 6) is 1.08. The van der Waals surface area contributed by atoms with Crippen LogP contribution in [0.5, 0.6) is 5.75 Å². The summed E-state index contributed by atoms with van der Waals surface area (Å²) >= 11 is 0. The number of benzene rings is 2. The van der Waals surface area contributed by atoms with Gasteiger partial charge in [0.1, 0.15) is 11.4 Å². The standard InChI is InChI=1S/C25H31N3O/c1-27(2)21-11-13-25(14-12-21)18-28(16-19-7-3-6-10-24(19)29-25)17-20-15-26-23-9-5-4-8-22(20)23/h3-10,15,21,26H,11-14,16-18H2,1-2H3. The molecule has 0 unspecified atom stereocenters. The fourth-order valence-corrected chi connectivity index (χ4v) is 5.22. The summed E-state index contributed by atoms with van der Waals surface area (Å²) in [5, 5.41) is 1.33. The number of hydrogen-bond acceptors (Lipinski definition) is 3. The minimum atomic E-state index is -0.0782. The number of H-pyrrole nitrogens is 1. The maximum Gasteiger partial charge on any atom is 0.124 e. The highest BCUT2D eigenvalue weighted by atomic mass is 16.5. The third-order valence-corrected chi connectivity index (χ3v) is 6.87. The molecule has 0 amide bonds. The van der Waals surface area contributed by atoms with Crippen molar-refractivity contribution in [2.75, 3.05) is 20.6 Å². The van der Waals surface area contributed by atoms with E-state index in [1.165, 1.54) is 34.9 Å². The fraction of sp³-hybridized carbons (Fsp3) is 0.440. The molecule has 0 bridgehead atoms. The molecule has 0 atom stereocenters. The van der Waals surface area contributed by atoms with Gasteiger partial charge in [-0.15, -0.1) is 0 Å². The van der Waals surface area contributed by atoms with Crippen molar-refractivity contribution in [3.05, 3.63) is 65.9 Å². The summed E-state index contributed by atoms with van der Waals surface area (Å²) in [6.07, 6.45) is 6.83. The van der Waals surface area contributed by atoms with E-state index in [0.29, 0.717) is 6.04 Å². The summed E-state index contributed by atoms with van der Waals surface area (Å²) < 4.78 is 6.78.